The van der Waals surface area contributed by atoms with Crippen molar-refractivity contribution in [3.63, 3.8) is 0 Å². The molecular weight excluding hydrogens is 426 g/mol. The Morgan fingerprint density at radius 2 is 1.97 bits per heavy atom. The number of hydrogen-bond donors (Lipinski definition) is 2. The van der Waals surface area contributed by atoms with Crippen molar-refractivity contribution in [2.24, 2.45) is 0 Å². The number of pyridine rings is 2. The number of fused-ring (bicyclic) bond motifs is 1. The SMILES string of the molecule is Cc1cc(N)nc(C)c1CNS(=O)(=O)c1cnn(Cc2cn3cc(C4CC4)ccc3n2)c1. The summed E-state index contributed by atoms with van der Waals surface area (Å²) in [5, 5.41) is 4.22. The molecule has 0 amide bonds. The maximum atomic E-state index is 12.8. The number of imidazole rings is 1. The van der Waals surface area contributed by atoms with Crippen molar-refractivity contribution in [3.05, 3.63) is 71.1 Å². The van der Waals surface area contributed by atoms with Crippen LogP contribution in [0.2, 0.25) is 0 Å². The Hall–Kier alpha value is -3.24. The first-order valence-corrected chi connectivity index (χ1v) is 12.0. The van der Waals surface area contributed by atoms with Gasteiger partial charge in [-0.3, -0.25) is 4.68 Å². The highest BCUT2D eigenvalue weighted by molar-refractivity contribution is 7.89. The fourth-order valence-corrected chi connectivity index (χ4v) is 4.88. The summed E-state index contributed by atoms with van der Waals surface area (Å²) < 4.78 is 31.8. The first-order valence-electron chi connectivity index (χ1n) is 10.5. The molecule has 0 aliphatic heterocycles. The predicted octanol–water partition coefficient (Wildman–Crippen LogP) is 2.53. The van der Waals surface area contributed by atoms with E-state index in [4.69, 9.17) is 5.73 Å². The third-order valence-corrected chi connectivity index (χ3v) is 7.19. The normalized spacial score (nSPS) is 14.3. The number of aromatic nitrogens is 5. The molecular formula is C22H25N7O2S. The van der Waals surface area contributed by atoms with Crippen molar-refractivity contribution in [2.75, 3.05) is 5.73 Å². The second-order valence-electron chi connectivity index (χ2n) is 8.36. The molecule has 32 heavy (non-hydrogen) atoms. The van der Waals surface area contributed by atoms with E-state index in [2.05, 4.69) is 32.1 Å². The van der Waals surface area contributed by atoms with Crippen molar-refractivity contribution >= 4 is 21.5 Å². The number of nitrogens with two attached hydrogens (primary N) is 1. The van der Waals surface area contributed by atoms with Crippen LogP contribution in [-0.2, 0) is 23.1 Å². The zero-order chi connectivity index (χ0) is 22.5. The summed E-state index contributed by atoms with van der Waals surface area (Å²) in [5.74, 6) is 1.09. The van der Waals surface area contributed by atoms with Gasteiger partial charge in [0.15, 0.2) is 0 Å². The highest BCUT2D eigenvalue weighted by Gasteiger charge is 2.24. The molecule has 1 fully saturated rings. The van der Waals surface area contributed by atoms with Gasteiger partial charge in [-0.1, -0.05) is 6.07 Å². The zero-order valence-corrected chi connectivity index (χ0v) is 18.8. The average molecular weight is 452 g/mol. The topological polar surface area (TPSA) is 120 Å². The maximum absolute atomic E-state index is 12.8. The Labute approximate surface area is 186 Å². The van der Waals surface area contributed by atoms with Crippen LogP contribution in [0.25, 0.3) is 5.65 Å². The summed E-state index contributed by atoms with van der Waals surface area (Å²) in [6.45, 7) is 4.22. The summed E-state index contributed by atoms with van der Waals surface area (Å²) in [6.07, 6.45) is 9.46. The summed E-state index contributed by atoms with van der Waals surface area (Å²) in [5.41, 5.74) is 11.2. The molecule has 0 unspecified atom stereocenters. The quantitative estimate of drug-likeness (QED) is 0.445. The molecule has 4 aromatic heterocycles. The van der Waals surface area contributed by atoms with Crippen LogP contribution in [0, 0.1) is 13.8 Å². The Bertz CT molecular complexity index is 1390. The molecule has 1 aliphatic carbocycles. The number of nitrogen functional groups attached to an aromatic ring is 1. The molecule has 166 valence electrons. The lowest BCUT2D eigenvalue weighted by atomic mass is 10.1. The fraction of sp³-hybridized carbons (Fsp3) is 0.318. The minimum atomic E-state index is -3.72. The van der Waals surface area contributed by atoms with Crippen molar-refractivity contribution in [2.45, 2.75) is 50.6 Å². The van der Waals surface area contributed by atoms with Crippen LogP contribution < -0.4 is 10.5 Å². The lowest BCUT2D eigenvalue weighted by Crippen LogP contribution is -2.24. The number of rotatable bonds is 7. The van der Waals surface area contributed by atoms with Gasteiger partial charge < -0.3 is 10.1 Å². The lowest BCUT2D eigenvalue weighted by molar-refractivity contribution is 0.580. The van der Waals surface area contributed by atoms with Crippen molar-refractivity contribution in [1.29, 1.82) is 0 Å². The fourth-order valence-electron chi connectivity index (χ4n) is 3.94. The van der Waals surface area contributed by atoms with Crippen LogP contribution in [0.3, 0.4) is 0 Å². The molecule has 4 heterocycles. The molecule has 4 aromatic rings. The smallest absolute Gasteiger partial charge is 0.243 e. The van der Waals surface area contributed by atoms with Crippen molar-refractivity contribution < 1.29 is 8.42 Å². The summed E-state index contributed by atoms with van der Waals surface area (Å²) in [6, 6.07) is 5.89. The Morgan fingerprint density at radius 3 is 2.72 bits per heavy atom. The summed E-state index contributed by atoms with van der Waals surface area (Å²) >= 11 is 0. The van der Waals surface area contributed by atoms with E-state index in [9.17, 15) is 8.42 Å². The molecule has 5 rings (SSSR count). The number of nitrogens with zero attached hydrogens (tertiary/aromatic N) is 5. The molecule has 0 bridgehead atoms. The van der Waals surface area contributed by atoms with Gasteiger partial charge in [0.25, 0.3) is 0 Å². The number of anilines is 1. The third-order valence-electron chi connectivity index (χ3n) is 5.83. The van der Waals surface area contributed by atoms with E-state index >= 15 is 0 Å². The lowest BCUT2D eigenvalue weighted by Gasteiger charge is -2.11. The molecule has 1 saturated carbocycles. The molecule has 0 radical (unpaired) electrons. The second kappa shape index (κ2) is 7.72. The highest BCUT2D eigenvalue weighted by atomic mass is 32.2. The summed E-state index contributed by atoms with van der Waals surface area (Å²) in [7, 11) is -3.72. The van der Waals surface area contributed by atoms with E-state index in [-0.39, 0.29) is 11.4 Å². The molecule has 3 N–H and O–H groups in total. The first-order chi connectivity index (χ1) is 15.3. The second-order valence-corrected chi connectivity index (χ2v) is 10.1. The Kier molecular flexibility index (Phi) is 4.98. The van der Waals surface area contributed by atoms with E-state index in [0.29, 0.717) is 24.0 Å². The minimum absolute atomic E-state index is 0.107. The van der Waals surface area contributed by atoms with Crippen LogP contribution in [0.1, 0.15) is 46.8 Å². The highest BCUT2D eigenvalue weighted by Crippen LogP contribution is 2.39. The van der Waals surface area contributed by atoms with E-state index < -0.39 is 10.0 Å². The molecule has 0 spiro atoms. The van der Waals surface area contributed by atoms with Crippen LogP contribution in [-0.4, -0.2) is 32.6 Å². The van der Waals surface area contributed by atoms with Crippen molar-refractivity contribution in [1.82, 2.24) is 28.9 Å². The van der Waals surface area contributed by atoms with Crippen molar-refractivity contribution in [3.8, 4) is 0 Å². The molecule has 9 nitrogen and oxygen atoms in total. The van der Waals surface area contributed by atoms with Gasteiger partial charge in [-0.15, -0.1) is 0 Å². The zero-order valence-electron chi connectivity index (χ0n) is 18.0. The minimum Gasteiger partial charge on any atom is -0.384 e. The number of sulfonamides is 1. The Balaban J connectivity index is 1.30. The number of hydrogen-bond acceptors (Lipinski definition) is 6. The van der Waals surface area contributed by atoms with E-state index in [1.54, 1.807) is 10.7 Å². The molecule has 0 atom stereocenters. The standard InChI is InChI=1S/C22H25N7O2S/c1-14-7-21(23)26-15(2)20(14)9-25-32(30,31)19-8-24-29(13-19)12-18-11-28-10-17(16-3-4-16)5-6-22(28)27-18/h5-8,10-11,13,16,25H,3-4,9,12H2,1-2H3,(H2,23,26). The maximum Gasteiger partial charge on any atom is 0.243 e. The van der Waals surface area contributed by atoms with Crippen LogP contribution in [0.15, 0.2) is 47.9 Å². The van der Waals surface area contributed by atoms with Gasteiger partial charge in [0.05, 0.1) is 18.4 Å². The van der Waals surface area contributed by atoms with E-state index in [1.165, 1.54) is 30.8 Å². The van der Waals surface area contributed by atoms with Crippen LogP contribution in [0.4, 0.5) is 5.82 Å². The summed E-state index contributed by atoms with van der Waals surface area (Å²) in [4.78, 5) is 8.94. The van der Waals surface area contributed by atoms with Gasteiger partial charge in [-0.25, -0.2) is 23.1 Å². The first kappa shape index (κ1) is 20.7. The van der Waals surface area contributed by atoms with Gasteiger partial charge in [-0.05, 0) is 61.4 Å². The van der Waals surface area contributed by atoms with E-state index in [0.717, 1.165) is 22.5 Å². The Morgan fingerprint density at radius 1 is 1.16 bits per heavy atom. The van der Waals surface area contributed by atoms with Crippen LogP contribution >= 0.6 is 0 Å². The molecule has 0 aromatic carbocycles. The molecule has 0 saturated heterocycles. The molecule has 10 heteroatoms. The third kappa shape index (κ3) is 4.11. The van der Waals surface area contributed by atoms with E-state index in [1.807, 2.05) is 30.5 Å². The van der Waals surface area contributed by atoms with Gasteiger partial charge in [0, 0.05) is 30.8 Å². The van der Waals surface area contributed by atoms with Gasteiger partial charge in [0.1, 0.15) is 16.4 Å². The largest absolute Gasteiger partial charge is 0.384 e. The van der Waals surface area contributed by atoms with Gasteiger partial charge in [0.2, 0.25) is 10.0 Å². The number of aryl methyl sites for hydroxylation is 2. The van der Waals surface area contributed by atoms with Gasteiger partial charge >= 0.3 is 0 Å². The predicted molar refractivity (Wildman–Crippen MR) is 121 cm³/mol. The number of nitrogens with one attached hydrogen (secondary N) is 1. The van der Waals surface area contributed by atoms with Gasteiger partial charge in [-0.2, -0.15) is 5.10 Å². The monoisotopic (exact) mass is 451 g/mol. The average Bonchev–Trinajstić information content (AvgIpc) is 3.33. The van der Waals surface area contributed by atoms with Crippen LogP contribution in [0.5, 0.6) is 0 Å². The molecule has 1 aliphatic rings.